The van der Waals surface area contributed by atoms with E-state index in [0.29, 0.717) is 23.2 Å². The fourth-order valence-corrected chi connectivity index (χ4v) is 3.97. The van der Waals surface area contributed by atoms with Crippen LogP contribution in [0, 0.1) is 6.92 Å². The Morgan fingerprint density at radius 1 is 1.06 bits per heavy atom. The summed E-state index contributed by atoms with van der Waals surface area (Å²) in [6.45, 7) is 6.27. The van der Waals surface area contributed by atoms with Crippen LogP contribution in [0.4, 0.5) is 0 Å². The molecule has 1 saturated heterocycles. The molecule has 0 radical (unpaired) electrons. The minimum Gasteiger partial charge on any atom is -0.340 e. The SMILES string of the molecule is Cc1ccc(-c2noc(CCCN3CCN(C(=O)Cc4ccccc4Cl)CC3)n2)cc1. The molecule has 162 valence electrons. The molecule has 6 nitrogen and oxygen atoms in total. The van der Waals surface area contributed by atoms with Gasteiger partial charge < -0.3 is 9.42 Å². The molecule has 3 aromatic rings. The van der Waals surface area contributed by atoms with Crippen molar-refractivity contribution in [3.05, 3.63) is 70.6 Å². The molecule has 7 heteroatoms. The first-order chi connectivity index (χ1) is 15.1. The predicted molar refractivity (Wildman–Crippen MR) is 121 cm³/mol. The highest BCUT2D eigenvalue weighted by atomic mass is 35.5. The van der Waals surface area contributed by atoms with E-state index in [1.165, 1.54) is 5.56 Å². The molecule has 0 saturated carbocycles. The van der Waals surface area contributed by atoms with E-state index in [4.69, 9.17) is 16.1 Å². The van der Waals surface area contributed by atoms with Gasteiger partial charge in [-0.1, -0.05) is 64.8 Å². The van der Waals surface area contributed by atoms with Gasteiger partial charge in [0.2, 0.25) is 17.6 Å². The summed E-state index contributed by atoms with van der Waals surface area (Å²) < 4.78 is 5.41. The molecule has 1 aromatic heterocycles. The summed E-state index contributed by atoms with van der Waals surface area (Å²) in [5.41, 5.74) is 3.07. The Morgan fingerprint density at radius 3 is 2.55 bits per heavy atom. The summed E-state index contributed by atoms with van der Waals surface area (Å²) >= 11 is 6.18. The monoisotopic (exact) mass is 438 g/mol. The third kappa shape index (κ3) is 5.71. The number of carbonyl (C=O) groups is 1. The van der Waals surface area contributed by atoms with Crippen LogP contribution in [0.25, 0.3) is 11.4 Å². The highest BCUT2D eigenvalue weighted by Crippen LogP contribution is 2.18. The van der Waals surface area contributed by atoms with Crippen LogP contribution >= 0.6 is 11.6 Å². The Labute approximate surface area is 187 Å². The standard InChI is InChI=1S/C24H27ClN4O2/c1-18-8-10-19(11-9-18)24-26-22(31-27-24)7-4-12-28-13-15-29(16-14-28)23(30)17-20-5-2-3-6-21(20)25/h2-3,5-6,8-11H,4,7,12-17H2,1H3. The maximum Gasteiger partial charge on any atom is 0.227 e. The van der Waals surface area contributed by atoms with Crippen molar-refractivity contribution in [1.29, 1.82) is 0 Å². The van der Waals surface area contributed by atoms with E-state index >= 15 is 0 Å². The largest absolute Gasteiger partial charge is 0.340 e. The molecule has 0 unspecified atom stereocenters. The van der Waals surface area contributed by atoms with Gasteiger partial charge in [-0.05, 0) is 31.5 Å². The van der Waals surface area contributed by atoms with Crippen molar-refractivity contribution >= 4 is 17.5 Å². The fourth-order valence-electron chi connectivity index (χ4n) is 3.77. The first-order valence-corrected chi connectivity index (χ1v) is 11.1. The smallest absolute Gasteiger partial charge is 0.227 e. The van der Waals surface area contributed by atoms with Crippen molar-refractivity contribution in [2.75, 3.05) is 32.7 Å². The Kier molecular flexibility index (Phi) is 6.99. The third-order valence-electron chi connectivity index (χ3n) is 5.67. The van der Waals surface area contributed by atoms with Crippen molar-refractivity contribution < 1.29 is 9.32 Å². The van der Waals surface area contributed by atoms with Crippen LogP contribution in [0.2, 0.25) is 5.02 Å². The van der Waals surface area contributed by atoms with E-state index in [9.17, 15) is 4.79 Å². The van der Waals surface area contributed by atoms with Crippen molar-refractivity contribution in [1.82, 2.24) is 19.9 Å². The van der Waals surface area contributed by atoms with Crippen LogP contribution in [-0.2, 0) is 17.6 Å². The van der Waals surface area contributed by atoms with Gasteiger partial charge in [0.15, 0.2) is 0 Å². The lowest BCUT2D eigenvalue weighted by Gasteiger charge is -2.34. The number of aryl methyl sites for hydroxylation is 2. The van der Waals surface area contributed by atoms with Gasteiger partial charge in [0.25, 0.3) is 0 Å². The Bertz CT molecular complexity index is 1010. The van der Waals surface area contributed by atoms with Crippen LogP contribution in [0.1, 0.15) is 23.4 Å². The average molecular weight is 439 g/mol. The molecule has 1 fully saturated rings. The number of aromatic nitrogens is 2. The van der Waals surface area contributed by atoms with Crippen LogP contribution in [0.5, 0.6) is 0 Å². The first-order valence-electron chi connectivity index (χ1n) is 10.7. The van der Waals surface area contributed by atoms with Gasteiger partial charge >= 0.3 is 0 Å². The number of piperazine rings is 1. The third-order valence-corrected chi connectivity index (χ3v) is 6.04. The number of benzene rings is 2. The molecular formula is C24H27ClN4O2. The lowest BCUT2D eigenvalue weighted by Crippen LogP contribution is -2.49. The summed E-state index contributed by atoms with van der Waals surface area (Å²) in [6.07, 6.45) is 2.06. The second kappa shape index (κ2) is 10.1. The molecule has 1 aliphatic rings. The number of hydrogen-bond donors (Lipinski definition) is 0. The van der Waals surface area contributed by atoms with Crippen molar-refractivity contribution in [3.8, 4) is 11.4 Å². The Balaban J connectivity index is 1.19. The summed E-state index contributed by atoms with van der Waals surface area (Å²) in [7, 11) is 0. The minimum atomic E-state index is 0.141. The Morgan fingerprint density at radius 2 is 1.81 bits per heavy atom. The van der Waals surface area contributed by atoms with Crippen LogP contribution < -0.4 is 0 Å². The number of carbonyl (C=O) groups excluding carboxylic acids is 1. The number of nitrogens with zero attached hydrogens (tertiary/aromatic N) is 4. The molecule has 2 heterocycles. The van der Waals surface area contributed by atoms with Gasteiger partial charge in [-0.3, -0.25) is 9.69 Å². The van der Waals surface area contributed by atoms with Crippen molar-refractivity contribution in [2.24, 2.45) is 0 Å². The molecular weight excluding hydrogens is 412 g/mol. The maximum atomic E-state index is 12.6. The van der Waals surface area contributed by atoms with Gasteiger partial charge in [-0.15, -0.1) is 0 Å². The van der Waals surface area contributed by atoms with Crippen molar-refractivity contribution in [3.63, 3.8) is 0 Å². The Hall–Kier alpha value is -2.70. The number of hydrogen-bond acceptors (Lipinski definition) is 5. The fraction of sp³-hybridized carbons (Fsp3) is 0.375. The zero-order valence-electron chi connectivity index (χ0n) is 17.8. The van der Waals surface area contributed by atoms with Gasteiger partial charge in [-0.25, -0.2) is 0 Å². The highest BCUT2D eigenvalue weighted by Gasteiger charge is 2.21. The highest BCUT2D eigenvalue weighted by molar-refractivity contribution is 6.31. The molecule has 0 N–H and O–H groups in total. The molecule has 0 atom stereocenters. The lowest BCUT2D eigenvalue weighted by atomic mass is 10.1. The summed E-state index contributed by atoms with van der Waals surface area (Å²) in [5.74, 6) is 1.45. The van der Waals surface area contributed by atoms with Gasteiger partial charge in [-0.2, -0.15) is 4.98 Å². The first kappa shape index (κ1) is 21.5. The molecule has 4 rings (SSSR count). The number of rotatable bonds is 7. The van der Waals surface area contributed by atoms with Crippen molar-refractivity contribution in [2.45, 2.75) is 26.2 Å². The van der Waals surface area contributed by atoms with Crippen LogP contribution in [0.3, 0.4) is 0 Å². The zero-order valence-corrected chi connectivity index (χ0v) is 18.5. The van der Waals surface area contributed by atoms with Gasteiger partial charge in [0.1, 0.15) is 0 Å². The molecule has 1 aliphatic heterocycles. The second-order valence-corrected chi connectivity index (χ2v) is 8.38. The minimum absolute atomic E-state index is 0.141. The average Bonchev–Trinajstić information content (AvgIpc) is 3.25. The van der Waals surface area contributed by atoms with E-state index in [0.717, 1.165) is 56.7 Å². The summed E-state index contributed by atoms with van der Waals surface area (Å²) in [5, 5.41) is 4.75. The van der Waals surface area contributed by atoms with E-state index in [1.807, 2.05) is 53.4 Å². The van der Waals surface area contributed by atoms with Gasteiger partial charge in [0, 0.05) is 43.2 Å². The molecule has 1 amide bonds. The van der Waals surface area contributed by atoms with E-state index in [-0.39, 0.29) is 5.91 Å². The second-order valence-electron chi connectivity index (χ2n) is 7.97. The van der Waals surface area contributed by atoms with E-state index in [1.54, 1.807) is 0 Å². The van der Waals surface area contributed by atoms with E-state index in [2.05, 4.69) is 22.0 Å². The maximum absolute atomic E-state index is 12.6. The zero-order chi connectivity index (χ0) is 21.6. The lowest BCUT2D eigenvalue weighted by molar-refractivity contribution is -0.132. The topological polar surface area (TPSA) is 62.5 Å². The molecule has 0 bridgehead atoms. The van der Waals surface area contributed by atoms with E-state index < -0.39 is 0 Å². The quantitative estimate of drug-likeness (QED) is 0.557. The molecule has 31 heavy (non-hydrogen) atoms. The van der Waals surface area contributed by atoms with Crippen LogP contribution in [-0.4, -0.2) is 58.6 Å². The van der Waals surface area contributed by atoms with Crippen LogP contribution in [0.15, 0.2) is 53.1 Å². The number of halogens is 1. The molecule has 0 aliphatic carbocycles. The predicted octanol–water partition coefficient (Wildman–Crippen LogP) is 4.02. The van der Waals surface area contributed by atoms with Gasteiger partial charge in [0.05, 0.1) is 6.42 Å². The summed E-state index contributed by atoms with van der Waals surface area (Å²) in [6, 6.07) is 15.7. The molecule has 0 spiro atoms. The number of amides is 1. The summed E-state index contributed by atoms with van der Waals surface area (Å²) in [4.78, 5) is 21.4. The normalized spacial score (nSPS) is 14.7. The molecule has 2 aromatic carbocycles.